The number of para-hydroxylation sites is 1. The smallest absolute Gasteiger partial charge is 0.411 e. The van der Waals surface area contributed by atoms with Crippen molar-refractivity contribution in [1.82, 2.24) is 20.7 Å². The molecule has 2 amide bonds. The van der Waals surface area contributed by atoms with E-state index in [1.54, 1.807) is 36.4 Å². The number of carbonyl (C=O) groups excluding carboxylic acids is 3. The van der Waals surface area contributed by atoms with E-state index >= 15 is 0 Å². The van der Waals surface area contributed by atoms with E-state index < -0.39 is 6.09 Å². The zero-order valence-electron chi connectivity index (χ0n) is 28.6. The van der Waals surface area contributed by atoms with Crippen LogP contribution in [0.4, 0.5) is 10.5 Å². The van der Waals surface area contributed by atoms with Gasteiger partial charge in [0.1, 0.15) is 6.10 Å². The number of Topliss-reactive ketones (excluding diaryl/α,β-unsaturated/α-hetero) is 1. The topological polar surface area (TPSA) is 132 Å². The van der Waals surface area contributed by atoms with Gasteiger partial charge in [-0.15, -0.1) is 0 Å². The highest BCUT2D eigenvalue weighted by Gasteiger charge is 2.23. The summed E-state index contributed by atoms with van der Waals surface area (Å²) in [7, 11) is 1.49. The standard InChI is InChI=1S/C39H45N5O6/c1-3-44(41-26-28-16-17-37(49-2)35(45)24-28)38(47)31-13-9-12-30(25-31)36(46)27-40-20-23-43-21-18-32(19-22-43)50-39(48)42-34-15-8-7-14-33(34)29-10-5-4-6-11-29/h4-17,24-25,32,40-41,45H,3,18-23,26-27H2,1-2H3,(H,42,48). The largest absolute Gasteiger partial charge is 0.504 e. The van der Waals surface area contributed by atoms with E-state index in [1.807, 2.05) is 67.6 Å². The third-order valence-corrected chi connectivity index (χ3v) is 8.66. The summed E-state index contributed by atoms with van der Waals surface area (Å²) in [6.07, 6.45) is 0.861. The lowest BCUT2D eigenvalue weighted by Gasteiger charge is -2.31. The number of amides is 2. The van der Waals surface area contributed by atoms with Crippen LogP contribution in [0, 0.1) is 0 Å². The minimum atomic E-state index is -0.453. The van der Waals surface area contributed by atoms with Gasteiger partial charge in [-0.2, -0.15) is 0 Å². The number of aromatic hydroxyl groups is 1. The van der Waals surface area contributed by atoms with Gasteiger partial charge in [-0.3, -0.25) is 19.9 Å². The van der Waals surface area contributed by atoms with Crippen molar-refractivity contribution >= 4 is 23.5 Å². The van der Waals surface area contributed by atoms with E-state index in [4.69, 9.17) is 9.47 Å². The van der Waals surface area contributed by atoms with E-state index in [0.717, 1.165) is 49.2 Å². The summed E-state index contributed by atoms with van der Waals surface area (Å²) in [5, 5.41) is 17.7. The van der Waals surface area contributed by atoms with Crippen molar-refractivity contribution in [3.05, 3.63) is 114 Å². The number of benzene rings is 4. The highest BCUT2D eigenvalue weighted by molar-refractivity contribution is 6.01. The van der Waals surface area contributed by atoms with Crippen molar-refractivity contribution in [3.63, 3.8) is 0 Å². The molecular formula is C39H45N5O6. The predicted molar refractivity (Wildman–Crippen MR) is 193 cm³/mol. The number of ketones is 1. The zero-order chi connectivity index (χ0) is 35.3. The fraction of sp³-hybridized carbons (Fsp3) is 0.308. The quantitative estimate of drug-likeness (QED) is 0.0708. The fourth-order valence-electron chi connectivity index (χ4n) is 5.89. The SMILES string of the molecule is CCN(NCc1ccc(OC)c(O)c1)C(=O)c1cccc(C(=O)CNCCN2CCC(OC(=O)Nc3ccccc3-c3ccccc3)CC2)c1. The third kappa shape index (κ3) is 9.91. The van der Waals surface area contributed by atoms with Crippen molar-refractivity contribution in [2.75, 3.05) is 51.7 Å². The Labute approximate surface area is 293 Å². The molecule has 0 bridgehead atoms. The number of hydrogen-bond donors (Lipinski definition) is 4. The maximum absolute atomic E-state index is 13.2. The number of nitrogens with one attached hydrogen (secondary N) is 3. The number of anilines is 1. The summed E-state index contributed by atoms with van der Waals surface area (Å²) < 4.78 is 10.8. The number of ether oxygens (including phenoxy) is 2. The maximum atomic E-state index is 13.2. The molecule has 1 aliphatic rings. The van der Waals surface area contributed by atoms with Crippen LogP contribution < -0.4 is 20.8 Å². The lowest BCUT2D eigenvalue weighted by molar-refractivity contribution is 0.0592. The number of hydrogen-bond acceptors (Lipinski definition) is 9. The molecule has 0 spiro atoms. The third-order valence-electron chi connectivity index (χ3n) is 8.66. The number of likely N-dealkylation sites (tertiary alicyclic amines) is 1. The summed E-state index contributed by atoms with van der Waals surface area (Å²) in [5.41, 5.74) is 7.42. The van der Waals surface area contributed by atoms with E-state index in [2.05, 4.69) is 21.0 Å². The van der Waals surface area contributed by atoms with Crippen LogP contribution in [-0.2, 0) is 11.3 Å². The van der Waals surface area contributed by atoms with Crippen molar-refractivity contribution in [3.8, 4) is 22.6 Å². The minimum absolute atomic E-state index is 0.0268. The summed E-state index contributed by atoms with van der Waals surface area (Å²) in [5.74, 6) is 0.0495. The van der Waals surface area contributed by atoms with E-state index in [9.17, 15) is 19.5 Å². The van der Waals surface area contributed by atoms with Gasteiger partial charge in [-0.05, 0) is 61.2 Å². The first-order valence-electron chi connectivity index (χ1n) is 16.9. The molecule has 0 saturated carbocycles. The molecule has 1 saturated heterocycles. The molecule has 4 N–H and O–H groups in total. The number of phenolic OH excluding ortho intramolecular Hbond substituents is 1. The van der Waals surface area contributed by atoms with Gasteiger partial charge in [-0.25, -0.2) is 10.2 Å². The number of hydrazine groups is 1. The second kappa shape index (κ2) is 18.0. The molecular weight excluding hydrogens is 634 g/mol. The number of piperidine rings is 1. The Bertz CT molecular complexity index is 1740. The maximum Gasteiger partial charge on any atom is 0.411 e. The average molecular weight is 680 g/mol. The fourth-order valence-corrected chi connectivity index (χ4v) is 5.89. The second-order valence-corrected chi connectivity index (χ2v) is 12.1. The summed E-state index contributed by atoms with van der Waals surface area (Å²) in [6, 6.07) is 29.4. The zero-order valence-corrected chi connectivity index (χ0v) is 28.6. The number of carbonyl (C=O) groups is 3. The van der Waals surface area contributed by atoms with Crippen LogP contribution in [0.2, 0.25) is 0 Å². The minimum Gasteiger partial charge on any atom is -0.504 e. The molecule has 1 aliphatic heterocycles. The highest BCUT2D eigenvalue weighted by Crippen LogP contribution is 2.28. The second-order valence-electron chi connectivity index (χ2n) is 12.1. The average Bonchev–Trinajstić information content (AvgIpc) is 3.14. The van der Waals surface area contributed by atoms with E-state index in [1.165, 1.54) is 12.1 Å². The first-order chi connectivity index (χ1) is 24.3. The summed E-state index contributed by atoms with van der Waals surface area (Å²) >= 11 is 0. The van der Waals surface area contributed by atoms with Crippen LogP contribution in [0.5, 0.6) is 11.5 Å². The molecule has 5 rings (SSSR count). The van der Waals surface area contributed by atoms with Crippen LogP contribution >= 0.6 is 0 Å². The molecule has 1 heterocycles. The van der Waals surface area contributed by atoms with Gasteiger partial charge < -0.3 is 24.8 Å². The molecule has 50 heavy (non-hydrogen) atoms. The molecule has 4 aromatic carbocycles. The number of rotatable bonds is 15. The van der Waals surface area contributed by atoms with Crippen molar-refractivity contribution in [2.45, 2.75) is 32.4 Å². The number of methoxy groups -OCH3 is 1. The molecule has 0 radical (unpaired) electrons. The van der Waals surface area contributed by atoms with Crippen LogP contribution in [0.15, 0.2) is 97.1 Å². The Morgan fingerprint density at radius 3 is 2.38 bits per heavy atom. The molecule has 0 aliphatic carbocycles. The van der Waals surface area contributed by atoms with Gasteiger partial charge in [0.25, 0.3) is 5.91 Å². The van der Waals surface area contributed by atoms with Gasteiger partial charge in [-0.1, -0.05) is 66.7 Å². The van der Waals surface area contributed by atoms with Gasteiger partial charge in [0.05, 0.1) is 19.3 Å². The number of nitrogens with zero attached hydrogens (tertiary/aromatic N) is 2. The highest BCUT2D eigenvalue weighted by atomic mass is 16.6. The predicted octanol–water partition coefficient (Wildman–Crippen LogP) is 5.72. The number of phenols is 1. The Morgan fingerprint density at radius 2 is 1.64 bits per heavy atom. The van der Waals surface area contributed by atoms with Gasteiger partial charge >= 0.3 is 6.09 Å². The molecule has 0 unspecified atom stereocenters. The van der Waals surface area contributed by atoms with Crippen LogP contribution in [0.1, 0.15) is 46.0 Å². The molecule has 0 aromatic heterocycles. The Hall–Kier alpha value is -5.23. The first kappa shape index (κ1) is 36.1. The molecule has 11 nitrogen and oxygen atoms in total. The first-order valence-corrected chi connectivity index (χ1v) is 16.9. The van der Waals surface area contributed by atoms with Crippen molar-refractivity contribution < 1.29 is 29.0 Å². The Kier molecular flexibility index (Phi) is 13.0. The van der Waals surface area contributed by atoms with E-state index in [0.29, 0.717) is 42.2 Å². The molecule has 0 atom stereocenters. The van der Waals surface area contributed by atoms with Gasteiger partial charge in [0, 0.05) is 56.0 Å². The summed E-state index contributed by atoms with van der Waals surface area (Å²) in [4.78, 5) is 41.2. The normalized spacial score (nSPS) is 13.4. The molecule has 11 heteroatoms. The van der Waals surface area contributed by atoms with Crippen LogP contribution in [0.3, 0.4) is 0 Å². The monoisotopic (exact) mass is 679 g/mol. The lowest BCUT2D eigenvalue weighted by atomic mass is 10.0. The molecule has 1 fully saturated rings. The van der Waals surface area contributed by atoms with Crippen LogP contribution in [0.25, 0.3) is 11.1 Å². The van der Waals surface area contributed by atoms with Crippen molar-refractivity contribution in [1.29, 1.82) is 0 Å². The van der Waals surface area contributed by atoms with Crippen LogP contribution in [-0.4, -0.2) is 85.3 Å². The lowest BCUT2D eigenvalue weighted by Crippen LogP contribution is -2.42. The van der Waals surface area contributed by atoms with E-state index in [-0.39, 0.29) is 30.1 Å². The molecule has 4 aromatic rings. The summed E-state index contributed by atoms with van der Waals surface area (Å²) in [6.45, 7) is 5.71. The van der Waals surface area contributed by atoms with Crippen molar-refractivity contribution in [2.24, 2.45) is 0 Å². The Balaban J connectivity index is 1.01. The Morgan fingerprint density at radius 1 is 0.900 bits per heavy atom. The van der Waals surface area contributed by atoms with Gasteiger partial charge in [0.2, 0.25) is 0 Å². The van der Waals surface area contributed by atoms with Gasteiger partial charge in [0.15, 0.2) is 17.3 Å². The molecule has 262 valence electrons.